The van der Waals surface area contributed by atoms with Gasteiger partial charge in [-0.05, 0) is 23.6 Å². The Morgan fingerprint density at radius 3 is 2.75 bits per heavy atom. The highest BCUT2D eigenvalue weighted by molar-refractivity contribution is 9.10. The van der Waals surface area contributed by atoms with Crippen molar-refractivity contribution in [3.05, 3.63) is 33.8 Å². The molecule has 0 fully saturated rings. The third-order valence-electron chi connectivity index (χ3n) is 2.50. The summed E-state index contributed by atoms with van der Waals surface area (Å²) < 4.78 is 5.62. The van der Waals surface area contributed by atoms with Crippen LogP contribution in [-0.2, 0) is 16.0 Å². The van der Waals surface area contributed by atoms with Crippen LogP contribution in [0.3, 0.4) is 0 Å². The zero-order valence-electron chi connectivity index (χ0n) is 9.50. The fourth-order valence-corrected chi connectivity index (χ4v) is 2.14. The predicted octanol–water partition coefficient (Wildman–Crippen LogP) is 2.57. The SMILES string of the molecule is CCc1ccc(C(N)CC(=O)OC)cc1Br. The van der Waals surface area contributed by atoms with Gasteiger partial charge in [0.25, 0.3) is 0 Å². The third kappa shape index (κ3) is 3.32. The van der Waals surface area contributed by atoms with Crippen molar-refractivity contribution in [1.82, 2.24) is 0 Å². The summed E-state index contributed by atoms with van der Waals surface area (Å²) in [6.07, 6.45) is 1.17. The van der Waals surface area contributed by atoms with Gasteiger partial charge in [-0.25, -0.2) is 0 Å². The monoisotopic (exact) mass is 285 g/mol. The van der Waals surface area contributed by atoms with Crippen LogP contribution in [0.15, 0.2) is 22.7 Å². The summed E-state index contributed by atoms with van der Waals surface area (Å²) in [4.78, 5) is 11.1. The van der Waals surface area contributed by atoms with Gasteiger partial charge in [-0.1, -0.05) is 35.0 Å². The van der Waals surface area contributed by atoms with Crippen LogP contribution >= 0.6 is 15.9 Å². The zero-order valence-corrected chi connectivity index (χ0v) is 11.1. The Morgan fingerprint density at radius 1 is 1.56 bits per heavy atom. The number of benzene rings is 1. The quantitative estimate of drug-likeness (QED) is 0.865. The van der Waals surface area contributed by atoms with E-state index in [4.69, 9.17) is 5.73 Å². The molecular weight excluding hydrogens is 270 g/mol. The lowest BCUT2D eigenvalue weighted by molar-refractivity contribution is -0.141. The third-order valence-corrected chi connectivity index (χ3v) is 3.24. The number of rotatable bonds is 4. The normalized spacial score (nSPS) is 12.2. The van der Waals surface area contributed by atoms with Crippen LogP contribution in [-0.4, -0.2) is 13.1 Å². The van der Waals surface area contributed by atoms with Crippen LogP contribution in [0.4, 0.5) is 0 Å². The van der Waals surface area contributed by atoms with Crippen molar-refractivity contribution in [3.63, 3.8) is 0 Å². The number of carbonyl (C=O) groups excluding carboxylic acids is 1. The fourth-order valence-electron chi connectivity index (χ4n) is 1.46. The molecule has 1 aromatic carbocycles. The lowest BCUT2D eigenvalue weighted by Crippen LogP contribution is -2.16. The van der Waals surface area contributed by atoms with E-state index in [0.717, 1.165) is 16.5 Å². The van der Waals surface area contributed by atoms with Crippen LogP contribution in [0.25, 0.3) is 0 Å². The molecule has 0 aromatic heterocycles. The fraction of sp³-hybridized carbons (Fsp3) is 0.417. The highest BCUT2D eigenvalue weighted by Gasteiger charge is 2.12. The van der Waals surface area contributed by atoms with Crippen molar-refractivity contribution in [3.8, 4) is 0 Å². The lowest BCUT2D eigenvalue weighted by Gasteiger charge is -2.12. The number of methoxy groups -OCH3 is 1. The van der Waals surface area contributed by atoms with Gasteiger partial charge < -0.3 is 10.5 Å². The molecule has 0 radical (unpaired) electrons. The molecule has 1 unspecified atom stereocenters. The van der Waals surface area contributed by atoms with Crippen molar-refractivity contribution in [2.24, 2.45) is 5.73 Å². The molecule has 0 saturated heterocycles. The number of esters is 1. The standard InChI is InChI=1S/C12H16BrNO2/c1-3-8-4-5-9(6-10(8)13)11(14)7-12(15)16-2/h4-6,11H,3,7,14H2,1-2H3. The average molecular weight is 286 g/mol. The molecule has 4 heteroatoms. The van der Waals surface area contributed by atoms with E-state index in [-0.39, 0.29) is 18.4 Å². The van der Waals surface area contributed by atoms with Crippen molar-refractivity contribution >= 4 is 21.9 Å². The largest absolute Gasteiger partial charge is 0.469 e. The van der Waals surface area contributed by atoms with E-state index in [1.165, 1.54) is 12.7 Å². The molecule has 0 amide bonds. The van der Waals surface area contributed by atoms with Crippen molar-refractivity contribution in [1.29, 1.82) is 0 Å². The van der Waals surface area contributed by atoms with Gasteiger partial charge in [0, 0.05) is 10.5 Å². The molecule has 1 atom stereocenters. The molecule has 2 N–H and O–H groups in total. The molecule has 0 saturated carbocycles. The van der Waals surface area contributed by atoms with E-state index >= 15 is 0 Å². The Hall–Kier alpha value is -0.870. The van der Waals surface area contributed by atoms with Gasteiger partial charge in [-0.15, -0.1) is 0 Å². The number of ether oxygens (including phenoxy) is 1. The van der Waals surface area contributed by atoms with E-state index in [0.29, 0.717) is 0 Å². The molecule has 0 aliphatic carbocycles. The zero-order chi connectivity index (χ0) is 12.1. The summed E-state index contributed by atoms with van der Waals surface area (Å²) in [5, 5.41) is 0. The number of halogens is 1. The van der Waals surface area contributed by atoms with E-state index in [1.807, 2.05) is 18.2 Å². The second-order valence-corrected chi connectivity index (χ2v) is 4.45. The number of hydrogen-bond donors (Lipinski definition) is 1. The highest BCUT2D eigenvalue weighted by atomic mass is 79.9. The maximum Gasteiger partial charge on any atom is 0.307 e. The van der Waals surface area contributed by atoms with Gasteiger partial charge in [-0.3, -0.25) is 4.79 Å². The van der Waals surface area contributed by atoms with Crippen molar-refractivity contribution in [2.75, 3.05) is 7.11 Å². The summed E-state index contributed by atoms with van der Waals surface area (Å²) in [7, 11) is 1.37. The van der Waals surface area contributed by atoms with E-state index in [9.17, 15) is 4.79 Å². The van der Waals surface area contributed by atoms with E-state index in [1.54, 1.807) is 0 Å². The van der Waals surface area contributed by atoms with Crippen LogP contribution in [0.2, 0.25) is 0 Å². The first kappa shape index (κ1) is 13.2. The Morgan fingerprint density at radius 2 is 2.25 bits per heavy atom. The summed E-state index contributed by atoms with van der Waals surface area (Å²) in [6.45, 7) is 2.09. The molecule has 1 rings (SSSR count). The first-order valence-corrected chi connectivity index (χ1v) is 5.98. The van der Waals surface area contributed by atoms with Gasteiger partial charge in [-0.2, -0.15) is 0 Å². The molecule has 0 heterocycles. The lowest BCUT2D eigenvalue weighted by atomic mass is 10.0. The molecule has 0 bridgehead atoms. The van der Waals surface area contributed by atoms with Gasteiger partial charge in [0.05, 0.1) is 13.5 Å². The van der Waals surface area contributed by atoms with E-state index in [2.05, 4.69) is 27.6 Å². The minimum Gasteiger partial charge on any atom is -0.469 e. The smallest absolute Gasteiger partial charge is 0.307 e. The Bertz CT molecular complexity index is 379. The van der Waals surface area contributed by atoms with Crippen LogP contribution in [0.1, 0.15) is 30.5 Å². The van der Waals surface area contributed by atoms with E-state index < -0.39 is 0 Å². The molecular formula is C12H16BrNO2. The maximum atomic E-state index is 11.1. The summed E-state index contributed by atoms with van der Waals surface area (Å²) >= 11 is 3.49. The number of nitrogens with two attached hydrogens (primary N) is 1. The number of aryl methyl sites for hydroxylation is 1. The minimum atomic E-state index is -0.311. The van der Waals surface area contributed by atoms with Gasteiger partial charge in [0.15, 0.2) is 0 Å². The molecule has 1 aromatic rings. The van der Waals surface area contributed by atoms with Crippen molar-refractivity contribution in [2.45, 2.75) is 25.8 Å². The molecule has 0 spiro atoms. The summed E-state index contributed by atoms with van der Waals surface area (Å²) in [6, 6.07) is 5.63. The minimum absolute atomic E-state index is 0.203. The summed E-state index contributed by atoms with van der Waals surface area (Å²) in [5.41, 5.74) is 8.08. The molecule has 16 heavy (non-hydrogen) atoms. The molecule has 0 aliphatic rings. The van der Waals surface area contributed by atoms with Crippen LogP contribution in [0.5, 0.6) is 0 Å². The topological polar surface area (TPSA) is 52.3 Å². The predicted molar refractivity (Wildman–Crippen MR) is 67.1 cm³/mol. The Kier molecular flexibility index (Phi) is 4.96. The first-order chi connectivity index (χ1) is 7.58. The average Bonchev–Trinajstić information content (AvgIpc) is 2.28. The molecule has 0 aliphatic heterocycles. The van der Waals surface area contributed by atoms with Crippen LogP contribution in [0, 0.1) is 0 Å². The summed E-state index contributed by atoms with van der Waals surface area (Å²) in [5.74, 6) is -0.289. The Labute approximate surface area is 104 Å². The van der Waals surface area contributed by atoms with Gasteiger partial charge >= 0.3 is 5.97 Å². The second kappa shape index (κ2) is 6.01. The molecule has 88 valence electrons. The Balaban J connectivity index is 2.80. The highest BCUT2D eigenvalue weighted by Crippen LogP contribution is 2.23. The van der Waals surface area contributed by atoms with Gasteiger partial charge in [0.1, 0.15) is 0 Å². The molecule has 3 nitrogen and oxygen atoms in total. The number of carbonyl (C=O) groups is 1. The van der Waals surface area contributed by atoms with Crippen molar-refractivity contribution < 1.29 is 9.53 Å². The van der Waals surface area contributed by atoms with Gasteiger partial charge in [0.2, 0.25) is 0 Å². The first-order valence-electron chi connectivity index (χ1n) is 5.19. The second-order valence-electron chi connectivity index (χ2n) is 3.59. The maximum absolute atomic E-state index is 11.1. The van der Waals surface area contributed by atoms with Crippen LogP contribution < -0.4 is 5.73 Å². The number of hydrogen-bond acceptors (Lipinski definition) is 3.